The van der Waals surface area contributed by atoms with E-state index in [9.17, 15) is 9.18 Å². The van der Waals surface area contributed by atoms with E-state index in [0.717, 1.165) is 12.8 Å². The summed E-state index contributed by atoms with van der Waals surface area (Å²) >= 11 is 0. The first-order valence-electron chi connectivity index (χ1n) is 7.82. The lowest BCUT2D eigenvalue weighted by atomic mass is 10.1. The highest BCUT2D eigenvalue weighted by atomic mass is 19.1. The van der Waals surface area contributed by atoms with Gasteiger partial charge in [0.15, 0.2) is 18.2 Å². The molecule has 1 amide bonds. The van der Waals surface area contributed by atoms with Crippen LogP contribution in [0.2, 0.25) is 0 Å². The van der Waals surface area contributed by atoms with Crippen LogP contribution in [0.5, 0.6) is 11.6 Å². The molecule has 2 heterocycles. The third kappa shape index (κ3) is 4.18. The van der Waals surface area contributed by atoms with E-state index in [0.29, 0.717) is 19.0 Å². The molecule has 2 aromatic rings. The smallest absolute Gasteiger partial charge is 0.260 e. The van der Waals surface area contributed by atoms with Gasteiger partial charge in [0, 0.05) is 18.8 Å². The van der Waals surface area contributed by atoms with Crippen LogP contribution in [0.3, 0.4) is 0 Å². The molecule has 0 bridgehead atoms. The number of benzene rings is 1. The number of para-hydroxylation sites is 1. The average molecular weight is 331 g/mol. The van der Waals surface area contributed by atoms with E-state index in [1.165, 1.54) is 12.1 Å². The van der Waals surface area contributed by atoms with Crippen molar-refractivity contribution in [3.63, 3.8) is 0 Å². The maximum atomic E-state index is 13.5. The lowest BCUT2D eigenvalue weighted by Gasteiger charge is -2.32. The van der Waals surface area contributed by atoms with Crippen LogP contribution in [-0.2, 0) is 4.79 Å². The van der Waals surface area contributed by atoms with Gasteiger partial charge in [-0.25, -0.2) is 4.39 Å². The third-order valence-electron chi connectivity index (χ3n) is 3.75. The van der Waals surface area contributed by atoms with Crippen molar-refractivity contribution >= 4 is 5.91 Å². The van der Waals surface area contributed by atoms with Crippen LogP contribution in [0.15, 0.2) is 42.6 Å². The summed E-state index contributed by atoms with van der Waals surface area (Å²) in [5, 5.41) is 7.65. The first-order valence-corrected chi connectivity index (χ1v) is 7.82. The Morgan fingerprint density at radius 1 is 1.29 bits per heavy atom. The first-order chi connectivity index (χ1) is 11.7. The Morgan fingerprint density at radius 3 is 2.96 bits per heavy atom. The second-order valence-electron chi connectivity index (χ2n) is 5.50. The zero-order chi connectivity index (χ0) is 16.8. The summed E-state index contributed by atoms with van der Waals surface area (Å²) < 4.78 is 24.5. The van der Waals surface area contributed by atoms with Crippen LogP contribution in [0, 0.1) is 5.82 Å². The van der Waals surface area contributed by atoms with Gasteiger partial charge in [-0.15, -0.1) is 5.10 Å². The summed E-state index contributed by atoms with van der Waals surface area (Å²) in [6.07, 6.45) is 3.11. The van der Waals surface area contributed by atoms with Crippen LogP contribution in [0.1, 0.15) is 12.8 Å². The summed E-state index contributed by atoms with van der Waals surface area (Å²) in [5.74, 6) is -0.145. The van der Waals surface area contributed by atoms with Crippen LogP contribution < -0.4 is 9.47 Å². The maximum Gasteiger partial charge on any atom is 0.260 e. The summed E-state index contributed by atoms with van der Waals surface area (Å²) in [4.78, 5) is 13.9. The second kappa shape index (κ2) is 7.72. The summed E-state index contributed by atoms with van der Waals surface area (Å²) in [7, 11) is 0. The van der Waals surface area contributed by atoms with Crippen molar-refractivity contribution < 1.29 is 18.7 Å². The van der Waals surface area contributed by atoms with E-state index in [-0.39, 0.29) is 24.4 Å². The maximum absolute atomic E-state index is 13.5. The zero-order valence-electron chi connectivity index (χ0n) is 13.1. The predicted molar refractivity (Wildman–Crippen MR) is 84.2 cm³/mol. The van der Waals surface area contributed by atoms with Crippen LogP contribution in [-0.4, -0.2) is 46.8 Å². The highest BCUT2D eigenvalue weighted by Crippen LogP contribution is 2.18. The second-order valence-corrected chi connectivity index (χ2v) is 5.50. The normalized spacial score (nSPS) is 17.4. The molecule has 0 saturated carbocycles. The molecule has 24 heavy (non-hydrogen) atoms. The van der Waals surface area contributed by atoms with Gasteiger partial charge in [0.05, 0.1) is 6.54 Å². The first kappa shape index (κ1) is 16.2. The van der Waals surface area contributed by atoms with Gasteiger partial charge in [-0.1, -0.05) is 12.1 Å². The van der Waals surface area contributed by atoms with E-state index in [2.05, 4.69) is 10.2 Å². The summed E-state index contributed by atoms with van der Waals surface area (Å²) in [5.41, 5.74) is 0. The Morgan fingerprint density at radius 2 is 2.17 bits per heavy atom. The molecule has 3 rings (SSSR count). The number of likely N-dealkylation sites (tertiary alicyclic amines) is 1. The molecule has 0 radical (unpaired) electrons. The summed E-state index contributed by atoms with van der Waals surface area (Å²) in [6, 6.07) is 9.51. The molecule has 6 nitrogen and oxygen atoms in total. The van der Waals surface area contributed by atoms with Gasteiger partial charge in [0.25, 0.3) is 5.91 Å². The standard InChI is InChI=1S/C17H18FN3O3/c18-14-6-1-2-7-15(14)23-12-17(22)21-10-4-5-13(11-21)24-16-8-3-9-19-20-16/h1-3,6-9,13H,4-5,10-12H2. The van der Waals surface area contributed by atoms with Crippen molar-refractivity contribution in [3.05, 3.63) is 48.4 Å². The van der Waals surface area contributed by atoms with Gasteiger partial charge < -0.3 is 14.4 Å². The Bertz CT molecular complexity index is 684. The van der Waals surface area contributed by atoms with Crippen molar-refractivity contribution in [1.29, 1.82) is 0 Å². The molecule has 7 heteroatoms. The number of aromatic nitrogens is 2. The quantitative estimate of drug-likeness (QED) is 0.839. The highest BCUT2D eigenvalue weighted by Gasteiger charge is 2.25. The minimum absolute atomic E-state index is 0.0789. The molecule has 1 atom stereocenters. The molecular formula is C17H18FN3O3. The number of nitrogens with zero attached hydrogens (tertiary/aromatic N) is 3. The molecule has 1 fully saturated rings. The fourth-order valence-corrected chi connectivity index (χ4v) is 2.57. The number of amides is 1. The Hall–Kier alpha value is -2.70. The zero-order valence-corrected chi connectivity index (χ0v) is 13.1. The lowest BCUT2D eigenvalue weighted by Crippen LogP contribution is -2.46. The molecule has 1 saturated heterocycles. The highest BCUT2D eigenvalue weighted by molar-refractivity contribution is 5.77. The van der Waals surface area contributed by atoms with Crippen molar-refractivity contribution in [1.82, 2.24) is 15.1 Å². The lowest BCUT2D eigenvalue weighted by molar-refractivity contribution is -0.136. The Labute approximate surface area is 139 Å². The molecule has 1 aromatic carbocycles. The monoisotopic (exact) mass is 331 g/mol. The topological polar surface area (TPSA) is 64.5 Å². The van der Waals surface area contributed by atoms with Gasteiger partial charge in [-0.05, 0) is 31.0 Å². The van der Waals surface area contributed by atoms with E-state index in [4.69, 9.17) is 9.47 Å². The van der Waals surface area contributed by atoms with Crippen molar-refractivity contribution in [3.8, 4) is 11.6 Å². The number of rotatable bonds is 5. The van der Waals surface area contributed by atoms with Crippen molar-refractivity contribution in [2.75, 3.05) is 19.7 Å². The van der Waals surface area contributed by atoms with Gasteiger partial charge in [-0.3, -0.25) is 4.79 Å². The molecular weight excluding hydrogens is 313 g/mol. The molecule has 126 valence electrons. The van der Waals surface area contributed by atoms with Gasteiger partial charge in [0.1, 0.15) is 6.10 Å². The molecule has 1 aliphatic rings. The fourth-order valence-electron chi connectivity index (χ4n) is 2.57. The van der Waals surface area contributed by atoms with Gasteiger partial charge >= 0.3 is 0 Å². The number of halogens is 1. The largest absolute Gasteiger partial charge is 0.481 e. The predicted octanol–water partition coefficient (Wildman–Crippen LogP) is 2.06. The van der Waals surface area contributed by atoms with Crippen molar-refractivity contribution in [2.24, 2.45) is 0 Å². The van der Waals surface area contributed by atoms with Crippen LogP contribution in [0.4, 0.5) is 4.39 Å². The van der Waals surface area contributed by atoms with E-state index in [1.807, 2.05) is 0 Å². The number of hydrogen-bond acceptors (Lipinski definition) is 5. The number of carbonyl (C=O) groups is 1. The van der Waals surface area contributed by atoms with Gasteiger partial charge in [0.2, 0.25) is 5.88 Å². The molecule has 1 aromatic heterocycles. The SMILES string of the molecule is O=C(COc1ccccc1F)N1CCCC(Oc2cccnn2)C1. The minimum atomic E-state index is -0.479. The molecule has 1 unspecified atom stereocenters. The molecule has 0 aliphatic carbocycles. The number of piperidine rings is 1. The van der Waals surface area contributed by atoms with Gasteiger partial charge in [-0.2, -0.15) is 5.10 Å². The average Bonchev–Trinajstić information content (AvgIpc) is 2.62. The van der Waals surface area contributed by atoms with E-state index >= 15 is 0 Å². The molecule has 1 aliphatic heterocycles. The Balaban J connectivity index is 1.52. The summed E-state index contributed by atoms with van der Waals surface area (Å²) in [6.45, 7) is 0.897. The van der Waals surface area contributed by atoms with E-state index < -0.39 is 5.82 Å². The fraction of sp³-hybridized carbons (Fsp3) is 0.353. The third-order valence-corrected chi connectivity index (χ3v) is 3.75. The van der Waals surface area contributed by atoms with Crippen molar-refractivity contribution in [2.45, 2.75) is 18.9 Å². The minimum Gasteiger partial charge on any atom is -0.481 e. The Kier molecular flexibility index (Phi) is 5.20. The van der Waals surface area contributed by atoms with Crippen LogP contribution in [0.25, 0.3) is 0 Å². The number of ether oxygens (including phenoxy) is 2. The number of hydrogen-bond donors (Lipinski definition) is 0. The van der Waals surface area contributed by atoms with Crippen LogP contribution >= 0.6 is 0 Å². The van der Waals surface area contributed by atoms with E-state index in [1.54, 1.807) is 35.4 Å². The molecule has 0 spiro atoms. The number of carbonyl (C=O) groups excluding carboxylic acids is 1. The molecule has 0 N–H and O–H groups in total.